The maximum atomic E-state index is 11.8. The normalized spacial score (nSPS) is 12.3. The Hall–Kier alpha value is -1.83. The van der Waals surface area contributed by atoms with Crippen LogP contribution in [0.1, 0.15) is 102 Å². The summed E-state index contributed by atoms with van der Waals surface area (Å²) in [6, 6.07) is 14.0. The van der Waals surface area contributed by atoms with Gasteiger partial charge in [0.1, 0.15) is 0 Å². The van der Waals surface area contributed by atoms with Gasteiger partial charge in [0, 0.05) is 11.9 Å². The summed E-state index contributed by atoms with van der Waals surface area (Å²) in [4.78, 5) is 11.8. The van der Waals surface area contributed by atoms with Crippen LogP contribution in [0.3, 0.4) is 0 Å². The zero-order valence-corrected chi connectivity index (χ0v) is 17.6. The van der Waals surface area contributed by atoms with E-state index in [1.54, 1.807) is 0 Å². The molecule has 0 amide bonds. The molecule has 0 saturated carbocycles. The number of aliphatic carboxylic acids is 1. The lowest BCUT2D eigenvalue weighted by Crippen LogP contribution is -2.30. The monoisotopic (exact) mass is 381 g/mol. The van der Waals surface area contributed by atoms with Crippen molar-refractivity contribution in [1.82, 2.24) is 0 Å². The van der Waals surface area contributed by atoms with Crippen LogP contribution in [0.2, 0.25) is 0 Å². The van der Waals surface area contributed by atoms with E-state index >= 15 is 0 Å². The van der Waals surface area contributed by atoms with Gasteiger partial charge in [-0.25, -0.2) is 0 Å². The molecule has 0 aromatic heterocycles. The summed E-state index contributed by atoms with van der Waals surface area (Å²) in [6.45, 7) is 2.26. The third-order valence-corrected chi connectivity index (χ3v) is 5.83. The molecule has 0 saturated heterocycles. The summed E-state index contributed by atoms with van der Waals surface area (Å²) >= 11 is 0. The molecule has 1 unspecified atom stereocenters. The Morgan fingerprint density at radius 1 is 0.750 bits per heavy atom. The van der Waals surface area contributed by atoms with E-state index in [9.17, 15) is 9.90 Å². The smallest absolute Gasteiger partial charge is 0.0489 e. The van der Waals surface area contributed by atoms with Crippen molar-refractivity contribution in [3.05, 3.63) is 48.0 Å². The van der Waals surface area contributed by atoms with Crippen LogP contribution in [0.5, 0.6) is 0 Å². The second-order valence-electron chi connectivity index (χ2n) is 8.12. The number of carbonyl (C=O) groups is 1. The topological polar surface area (TPSA) is 40.1 Å². The highest BCUT2D eigenvalue weighted by molar-refractivity contribution is 5.90. The second kappa shape index (κ2) is 13.4. The van der Waals surface area contributed by atoms with Gasteiger partial charge < -0.3 is 9.90 Å². The van der Waals surface area contributed by atoms with Crippen molar-refractivity contribution >= 4 is 16.7 Å². The van der Waals surface area contributed by atoms with Crippen molar-refractivity contribution in [2.45, 2.75) is 96.3 Å². The maximum absolute atomic E-state index is 11.8. The van der Waals surface area contributed by atoms with Gasteiger partial charge in [-0.15, -0.1) is 0 Å². The van der Waals surface area contributed by atoms with Crippen molar-refractivity contribution in [3.8, 4) is 0 Å². The molecule has 2 aromatic carbocycles. The van der Waals surface area contributed by atoms with E-state index in [-0.39, 0.29) is 0 Å². The minimum Gasteiger partial charge on any atom is -0.549 e. The SMILES string of the molecule is CCCCCCCCCCCCCCC(C(=O)[O-])c1cccc2ccccc12. The lowest BCUT2D eigenvalue weighted by molar-refractivity contribution is -0.308. The molecule has 0 aliphatic rings. The molecule has 2 rings (SSSR count). The number of carboxylic acid groups (broad SMARTS) is 1. The molecule has 28 heavy (non-hydrogen) atoms. The van der Waals surface area contributed by atoms with Crippen LogP contribution in [-0.2, 0) is 4.79 Å². The van der Waals surface area contributed by atoms with E-state index in [0.717, 1.165) is 29.2 Å². The van der Waals surface area contributed by atoms with E-state index in [2.05, 4.69) is 6.92 Å². The summed E-state index contributed by atoms with van der Waals surface area (Å²) in [7, 11) is 0. The number of unbranched alkanes of at least 4 members (excludes halogenated alkanes) is 11. The average Bonchev–Trinajstić information content (AvgIpc) is 2.71. The Balaban J connectivity index is 1.66. The van der Waals surface area contributed by atoms with Gasteiger partial charge in [-0.3, -0.25) is 0 Å². The number of carbonyl (C=O) groups excluding carboxylic acids is 1. The van der Waals surface area contributed by atoms with Gasteiger partial charge in [0.05, 0.1) is 0 Å². The predicted octanol–water partition coefficient (Wildman–Crippen LogP) is 6.76. The molecule has 0 aliphatic heterocycles. The average molecular weight is 382 g/mol. The van der Waals surface area contributed by atoms with Crippen molar-refractivity contribution in [2.75, 3.05) is 0 Å². The van der Waals surface area contributed by atoms with Crippen molar-refractivity contribution in [2.24, 2.45) is 0 Å². The fourth-order valence-electron chi connectivity index (χ4n) is 4.14. The first-order valence-electron chi connectivity index (χ1n) is 11.4. The lowest BCUT2D eigenvalue weighted by Gasteiger charge is -2.20. The fraction of sp³-hybridized carbons (Fsp3) is 0.577. The Morgan fingerprint density at radius 3 is 1.89 bits per heavy atom. The molecule has 0 heterocycles. The quantitative estimate of drug-likeness (QED) is 0.320. The van der Waals surface area contributed by atoms with Gasteiger partial charge in [0.2, 0.25) is 0 Å². The highest BCUT2D eigenvalue weighted by Crippen LogP contribution is 2.29. The van der Waals surface area contributed by atoms with E-state index in [0.29, 0.717) is 6.42 Å². The molecule has 0 fully saturated rings. The zero-order chi connectivity index (χ0) is 20.0. The number of hydrogen-bond donors (Lipinski definition) is 0. The van der Waals surface area contributed by atoms with Crippen LogP contribution in [0.25, 0.3) is 10.8 Å². The Morgan fingerprint density at radius 2 is 1.29 bits per heavy atom. The number of rotatable bonds is 15. The van der Waals surface area contributed by atoms with Crippen LogP contribution < -0.4 is 5.11 Å². The first-order valence-corrected chi connectivity index (χ1v) is 11.4. The lowest BCUT2D eigenvalue weighted by atomic mass is 9.89. The van der Waals surface area contributed by atoms with Gasteiger partial charge in [0.25, 0.3) is 0 Å². The molecule has 0 N–H and O–H groups in total. The molecule has 2 heteroatoms. The first-order chi connectivity index (χ1) is 13.7. The van der Waals surface area contributed by atoms with Gasteiger partial charge in [-0.2, -0.15) is 0 Å². The highest BCUT2D eigenvalue weighted by Gasteiger charge is 2.15. The Bertz CT molecular complexity index is 686. The number of fused-ring (bicyclic) bond motifs is 1. The molecule has 2 nitrogen and oxygen atoms in total. The minimum atomic E-state index is -0.945. The zero-order valence-electron chi connectivity index (χ0n) is 17.6. The van der Waals surface area contributed by atoms with Crippen LogP contribution in [-0.4, -0.2) is 5.97 Å². The number of carboxylic acids is 1. The predicted molar refractivity (Wildman–Crippen MR) is 117 cm³/mol. The molecule has 0 bridgehead atoms. The molecule has 154 valence electrons. The molecule has 0 radical (unpaired) electrons. The maximum Gasteiger partial charge on any atom is 0.0489 e. The third-order valence-electron chi connectivity index (χ3n) is 5.83. The summed E-state index contributed by atoms with van der Waals surface area (Å²) in [5.41, 5.74) is 0.904. The van der Waals surface area contributed by atoms with Gasteiger partial charge in [0.15, 0.2) is 0 Å². The van der Waals surface area contributed by atoms with Crippen LogP contribution in [0.15, 0.2) is 42.5 Å². The van der Waals surface area contributed by atoms with Crippen LogP contribution in [0, 0.1) is 0 Å². The standard InChI is InChI=1S/C26H38O2/c1-2-3-4-5-6-7-8-9-10-11-12-13-20-25(26(27)28)24-21-16-18-22-17-14-15-19-23(22)24/h14-19,21,25H,2-13,20H2,1H3,(H,27,28)/p-1. The summed E-state index contributed by atoms with van der Waals surface area (Å²) in [5, 5.41) is 13.9. The van der Waals surface area contributed by atoms with E-state index in [1.807, 2.05) is 42.5 Å². The van der Waals surface area contributed by atoms with Crippen LogP contribution >= 0.6 is 0 Å². The molecular weight excluding hydrogens is 344 g/mol. The van der Waals surface area contributed by atoms with E-state index in [4.69, 9.17) is 0 Å². The van der Waals surface area contributed by atoms with Gasteiger partial charge in [-0.1, -0.05) is 126 Å². The second-order valence-corrected chi connectivity index (χ2v) is 8.12. The van der Waals surface area contributed by atoms with Gasteiger partial charge >= 0.3 is 0 Å². The largest absolute Gasteiger partial charge is 0.549 e. The Kier molecular flexibility index (Phi) is 10.7. The molecular formula is C26H37O2-. The van der Waals surface area contributed by atoms with E-state index in [1.165, 1.54) is 64.2 Å². The first kappa shape index (κ1) is 22.5. The molecule has 0 spiro atoms. The van der Waals surface area contributed by atoms with E-state index < -0.39 is 11.9 Å². The Labute approximate surface area is 171 Å². The van der Waals surface area contributed by atoms with Crippen molar-refractivity contribution in [1.29, 1.82) is 0 Å². The van der Waals surface area contributed by atoms with Crippen molar-refractivity contribution in [3.63, 3.8) is 0 Å². The minimum absolute atomic E-state index is 0.505. The molecule has 2 aromatic rings. The summed E-state index contributed by atoms with van der Waals surface area (Å²) < 4.78 is 0. The number of benzene rings is 2. The highest BCUT2D eigenvalue weighted by atomic mass is 16.4. The van der Waals surface area contributed by atoms with Crippen LogP contribution in [0.4, 0.5) is 0 Å². The third kappa shape index (κ3) is 7.66. The summed E-state index contributed by atoms with van der Waals surface area (Å²) in [5.74, 6) is -1.45. The summed E-state index contributed by atoms with van der Waals surface area (Å²) in [6.07, 6.45) is 16.2. The molecule has 1 atom stereocenters. The fourth-order valence-corrected chi connectivity index (χ4v) is 4.14. The molecule has 0 aliphatic carbocycles. The van der Waals surface area contributed by atoms with Crippen molar-refractivity contribution < 1.29 is 9.90 Å². The van der Waals surface area contributed by atoms with Gasteiger partial charge in [-0.05, 0) is 22.8 Å². The number of hydrogen-bond acceptors (Lipinski definition) is 2.